The van der Waals surface area contributed by atoms with Crippen LogP contribution < -0.4 is 32.4 Å². The van der Waals surface area contributed by atoms with Crippen molar-refractivity contribution in [3.8, 4) is 22.5 Å². The van der Waals surface area contributed by atoms with E-state index >= 15 is 0 Å². The largest absolute Gasteiger partial charge is 0.390 e. The monoisotopic (exact) mass is 776 g/mol. The summed E-state index contributed by atoms with van der Waals surface area (Å²) in [6.45, 7) is 7.80. The van der Waals surface area contributed by atoms with Crippen LogP contribution in [0.3, 0.4) is 0 Å². The Morgan fingerprint density at radius 2 is 1.18 bits per heavy atom. The van der Waals surface area contributed by atoms with Crippen LogP contribution >= 0.6 is 46.4 Å². The van der Waals surface area contributed by atoms with E-state index in [1.165, 1.54) is 6.92 Å². The van der Waals surface area contributed by atoms with Crippen LogP contribution in [-0.4, -0.2) is 68.1 Å². The molecule has 2 aliphatic rings. The number of carbonyl (C=O) groups excluding carboxylic acids is 1. The number of halogens is 4. The highest BCUT2D eigenvalue weighted by Gasteiger charge is 2.30. The van der Waals surface area contributed by atoms with Crippen molar-refractivity contribution in [3.63, 3.8) is 0 Å². The van der Waals surface area contributed by atoms with Gasteiger partial charge in [-0.2, -0.15) is 0 Å². The van der Waals surface area contributed by atoms with Gasteiger partial charge in [0.25, 0.3) is 11.1 Å². The number of aliphatic hydroxyl groups excluding tert-OH is 1. The van der Waals surface area contributed by atoms with Gasteiger partial charge in [-0.05, 0) is 51.7 Å². The first-order chi connectivity index (χ1) is 24.0. The van der Waals surface area contributed by atoms with E-state index in [1.54, 1.807) is 36.4 Å². The molecule has 0 bridgehead atoms. The van der Waals surface area contributed by atoms with Gasteiger partial charge in [-0.25, -0.2) is 9.97 Å². The number of aliphatic hydroxyl groups is 1. The van der Waals surface area contributed by atoms with E-state index in [9.17, 15) is 19.5 Å². The Labute approximate surface area is 315 Å². The van der Waals surface area contributed by atoms with Gasteiger partial charge in [-0.1, -0.05) is 70.7 Å². The van der Waals surface area contributed by atoms with Crippen molar-refractivity contribution >= 4 is 63.8 Å². The topological polar surface area (TPSA) is 187 Å². The summed E-state index contributed by atoms with van der Waals surface area (Å²) in [5.41, 5.74) is 12.7. The number of ketones is 1. The van der Waals surface area contributed by atoms with Gasteiger partial charge in [-0.15, -0.1) is 0 Å². The lowest BCUT2D eigenvalue weighted by molar-refractivity contribution is 0.101. The number of aromatic nitrogens is 4. The summed E-state index contributed by atoms with van der Waals surface area (Å²) < 4.78 is 0. The van der Waals surface area contributed by atoms with Gasteiger partial charge >= 0.3 is 0 Å². The minimum Gasteiger partial charge on any atom is -0.390 e. The van der Waals surface area contributed by atoms with Crippen LogP contribution in [0, 0.1) is 0 Å². The third kappa shape index (κ3) is 8.77. The van der Waals surface area contributed by atoms with Gasteiger partial charge in [0.05, 0.1) is 26.7 Å². The molecule has 0 atom stereocenters. The maximum absolute atomic E-state index is 12.7. The molecule has 2 saturated heterocycles. The molecular weight excluding hydrogens is 738 g/mol. The fraction of sp³-hybridized carbons (Fsp3) is 0.400. The minimum absolute atomic E-state index is 0.0760. The summed E-state index contributed by atoms with van der Waals surface area (Å²) in [5.74, 6) is 0.724. The number of rotatable bonds is 6. The smallest absolute Gasteiger partial charge is 0.276 e. The number of Topliss-reactive ketones (excluding diaryl/α,β-unsaturated/α-hetero) is 1. The van der Waals surface area contributed by atoms with E-state index in [4.69, 9.17) is 57.9 Å². The SMILES string of the molecule is CC(=O)c1nc(-c2cccc(Cl)c2Cl)c(=O)[nH]c1N1CCC(C)(N)CC1.CC1(N)CCN(c2[nH]c(=O)c(-c3cccc(Cl)c3Cl)nc2CO)CC1. The van der Waals surface area contributed by atoms with Crippen LogP contribution in [0.5, 0.6) is 0 Å². The van der Waals surface area contributed by atoms with Crippen molar-refractivity contribution in [2.75, 3.05) is 36.0 Å². The fourth-order valence-electron chi connectivity index (χ4n) is 5.99. The zero-order valence-corrected chi connectivity index (χ0v) is 31.5. The second kappa shape index (κ2) is 15.6. The molecule has 0 saturated carbocycles. The first kappa shape index (κ1) is 38.7. The number of hydrogen-bond acceptors (Lipinski definition) is 10. The van der Waals surface area contributed by atoms with Gasteiger partial charge in [0.2, 0.25) is 0 Å². The van der Waals surface area contributed by atoms with E-state index in [0.29, 0.717) is 64.7 Å². The Morgan fingerprint density at radius 1 is 0.765 bits per heavy atom. The lowest BCUT2D eigenvalue weighted by Gasteiger charge is -2.38. The van der Waals surface area contributed by atoms with Gasteiger partial charge in [0.1, 0.15) is 34.4 Å². The molecule has 2 aliphatic heterocycles. The van der Waals surface area contributed by atoms with E-state index in [-0.39, 0.29) is 56.2 Å². The van der Waals surface area contributed by atoms with Crippen molar-refractivity contribution < 1.29 is 9.90 Å². The van der Waals surface area contributed by atoms with Gasteiger partial charge < -0.3 is 36.3 Å². The summed E-state index contributed by atoms with van der Waals surface area (Å²) in [7, 11) is 0. The maximum atomic E-state index is 12.7. The van der Waals surface area contributed by atoms with Gasteiger partial charge in [-0.3, -0.25) is 14.4 Å². The molecule has 4 heterocycles. The number of anilines is 2. The number of benzene rings is 2. The first-order valence-electron chi connectivity index (χ1n) is 16.4. The number of nitrogens with zero attached hydrogens (tertiary/aromatic N) is 4. The number of nitrogens with one attached hydrogen (secondary N) is 2. The van der Waals surface area contributed by atoms with Crippen LogP contribution in [0.4, 0.5) is 11.6 Å². The van der Waals surface area contributed by atoms with E-state index in [0.717, 1.165) is 25.7 Å². The van der Waals surface area contributed by atoms with E-state index < -0.39 is 5.56 Å². The lowest BCUT2D eigenvalue weighted by atomic mass is 9.91. The number of nitrogens with two attached hydrogens (primary N) is 2. The molecule has 51 heavy (non-hydrogen) atoms. The molecule has 2 aromatic carbocycles. The highest BCUT2D eigenvalue weighted by atomic mass is 35.5. The summed E-state index contributed by atoms with van der Waals surface area (Å²) in [4.78, 5) is 55.8. The van der Waals surface area contributed by atoms with Crippen molar-refractivity contribution in [2.45, 2.75) is 64.1 Å². The number of hydrogen-bond donors (Lipinski definition) is 5. The van der Waals surface area contributed by atoms with Crippen LogP contribution in [0.25, 0.3) is 22.5 Å². The summed E-state index contributed by atoms with van der Waals surface area (Å²) in [5, 5.41) is 10.9. The van der Waals surface area contributed by atoms with Crippen molar-refractivity contribution in [1.82, 2.24) is 19.9 Å². The average molecular weight is 779 g/mol. The molecular formula is C35H40Cl4N8O4. The van der Waals surface area contributed by atoms with Crippen LogP contribution in [0.1, 0.15) is 62.6 Å². The van der Waals surface area contributed by atoms with Crippen LogP contribution in [0.2, 0.25) is 20.1 Å². The van der Waals surface area contributed by atoms with E-state index in [2.05, 4.69) is 19.9 Å². The number of aromatic amines is 2. The van der Waals surface area contributed by atoms with Crippen molar-refractivity contribution in [1.29, 1.82) is 0 Å². The molecule has 2 aromatic heterocycles. The number of carbonyl (C=O) groups is 1. The third-order valence-electron chi connectivity index (χ3n) is 9.20. The predicted molar refractivity (Wildman–Crippen MR) is 205 cm³/mol. The highest BCUT2D eigenvalue weighted by molar-refractivity contribution is 6.44. The molecule has 6 rings (SSSR count). The maximum Gasteiger partial charge on any atom is 0.276 e. The molecule has 4 aromatic rings. The zero-order valence-electron chi connectivity index (χ0n) is 28.5. The van der Waals surface area contributed by atoms with Crippen LogP contribution in [-0.2, 0) is 6.61 Å². The second-order valence-electron chi connectivity index (χ2n) is 13.5. The molecule has 2 fully saturated rings. The highest BCUT2D eigenvalue weighted by Crippen LogP contribution is 2.34. The number of H-pyrrole nitrogens is 2. The molecule has 12 nitrogen and oxygen atoms in total. The normalized spacial score (nSPS) is 16.7. The molecule has 0 spiro atoms. The Balaban J connectivity index is 0.000000198. The molecule has 0 radical (unpaired) electrons. The Kier molecular flexibility index (Phi) is 11.9. The Morgan fingerprint density at radius 3 is 1.61 bits per heavy atom. The zero-order chi connectivity index (χ0) is 37.2. The Hall–Kier alpha value is -3.49. The summed E-state index contributed by atoms with van der Waals surface area (Å²) >= 11 is 24.5. The quantitative estimate of drug-likeness (QED) is 0.149. The molecule has 0 unspecified atom stereocenters. The molecule has 7 N–H and O–H groups in total. The second-order valence-corrected chi connectivity index (χ2v) is 15.1. The molecule has 0 aliphatic carbocycles. The standard InChI is InChI=1S/C18H20Cl2N4O2.C17H20Cl2N4O2/c1-10(25)14-16(24-8-6-18(2,21)7-9-24)23-17(26)15(22-14)11-4-3-5-12(19)13(11)20;1-17(20)5-7-23(8-6-17)15-12(9-24)21-14(16(25)22-15)10-3-2-4-11(18)13(10)19/h3-5H,6-9,21H2,1-2H3,(H,23,26);2-4,24H,5-9,20H2,1H3,(H,22,25). The minimum atomic E-state index is -0.421. The van der Waals surface area contributed by atoms with Crippen molar-refractivity contribution in [2.24, 2.45) is 11.5 Å². The predicted octanol–water partition coefficient (Wildman–Crippen LogP) is 5.82. The van der Waals surface area contributed by atoms with Gasteiger partial charge in [0, 0.05) is 55.3 Å². The van der Waals surface area contributed by atoms with Crippen molar-refractivity contribution in [3.05, 3.63) is 88.6 Å². The summed E-state index contributed by atoms with van der Waals surface area (Å²) in [6.07, 6.45) is 3.10. The average Bonchev–Trinajstić information content (AvgIpc) is 3.07. The Bertz CT molecular complexity index is 2050. The molecule has 272 valence electrons. The molecule has 0 amide bonds. The summed E-state index contributed by atoms with van der Waals surface area (Å²) in [6, 6.07) is 9.96. The van der Waals surface area contributed by atoms with Crippen LogP contribution in [0.15, 0.2) is 46.0 Å². The van der Waals surface area contributed by atoms with Gasteiger partial charge in [0.15, 0.2) is 5.78 Å². The first-order valence-corrected chi connectivity index (χ1v) is 17.9. The lowest BCUT2D eigenvalue weighted by Crippen LogP contribution is -2.49. The van der Waals surface area contributed by atoms with E-state index in [1.807, 2.05) is 23.6 Å². The number of piperidine rings is 2. The third-order valence-corrected chi connectivity index (χ3v) is 10.8. The fourth-order valence-corrected chi connectivity index (χ4v) is 6.77. The molecule has 16 heteroatoms.